The van der Waals surface area contributed by atoms with Crippen LogP contribution < -0.4 is 10.6 Å². The van der Waals surface area contributed by atoms with Gasteiger partial charge in [0.2, 0.25) is 17.7 Å². The van der Waals surface area contributed by atoms with Crippen LogP contribution in [0.25, 0.3) is 10.8 Å². The zero-order valence-corrected chi connectivity index (χ0v) is 23.7. The highest BCUT2D eigenvalue weighted by Gasteiger charge is 2.69. The molecule has 216 valence electrons. The molecule has 2 aliphatic heterocycles. The number of benzene rings is 1. The summed E-state index contributed by atoms with van der Waals surface area (Å²) in [6.45, 7) is 6.05. The summed E-state index contributed by atoms with van der Waals surface area (Å²) in [5, 5.41) is 25.8. The molecule has 4 fully saturated rings. The van der Waals surface area contributed by atoms with Crippen molar-refractivity contribution >= 4 is 28.5 Å². The number of hydrogen-bond acceptors (Lipinski definition) is 7. The number of nitriles is 1. The molecule has 5 atom stereocenters. The molecule has 2 saturated heterocycles. The van der Waals surface area contributed by atoms with Crippen molar-refractivity contribution in [2.45, 2.75) is 70.5 Å². The van der Waals surface area contributed by atoms with E-state index in [4.69, 9.17) is 4.74 Å². The number of amides is 3. The molecule has 2 aromatic rings. The first-order valence-corrected chi connectivity index (χ1v) is 14.9. The molecule has 1 aromatic carbocycles. The third kappa shape index (κ3) is 5.52. The summed E-state index contributed by atoms with van der Waals surface area (Å²) in [6.07, 6.45) is 6.41. The Morgan fingerprint density at radius 1 is 1.12 bits per heavy atom. The number of aromatic nitrogens is 2. The summed E-state index contributed by atoms with van der Waals surface area (Å²) >= 11 is 0. The maximum atomic E-state index is 14.1. The Morgan fingerprint density at radius 3 is 2.61 bits per heavy atom. The van der Waals surface area contributed by atoms with Crippen LogP contribution in [0.3, 0.4) is 0 Å². The van der Waals surface area contributed by atoms with E-state index in [0.29, 0.717) is 44.2 Å². The number of nitrogens with zero attached hydrogens (tertiary/aromatic N) is 4. The van der Waals surface area contributed by atoms with Gasteiger partial charge in [0.05, 0.1) is 12.3 Å². The van der Waals surface area contributed by atoms with Gasteiger partial charge in [-0.25, -0.2) is 0 Å². The van der Waals surface area contributed by atoms with Crippen LogP contribution in [-0.4, -0.2) is 64.7 Å². The molecule has 0 radical (unpaired) electrons. The van der Waals surface area contributed by atoms with E-state index in [0.717, 1.165) is 36.5 Å². The summed E-state index contributed by atoms with van der Waals surface area (Å²) in [5.74, 6) is 0.194. The lowest BCUT2D eigenvalue weighted by atomic mass is 9.95. The normalized spacial score (nSPS) is 26.5. The van der Waals surface area contributed by atoms with E-state index in [1.165, 1.54) is 0 Å². The Bertz CT molecular complexity index is 1370. The number of ether oxygens (including phenoxy) is 1. The molecule has 0 spiro atoms. The van der Waals surface area contributed by atoms with Crippen LogP contribution in [0.5, 0.6) is 0 Å². The molecule has 1 aromatic heterocycles. The largest absolute Gasteiger partial charge is 0.381 e. The van der Waals surface area contributed by atoms with Gasteiger partial charge in [-0.05, 0) is 48.3 Å². The monoisotopic (exact) mass is 558 g/mol. The number of carbonyl (C=O) groups excluding carboxylic acids is 3. The smallest absolute Gasteiger partial charge is 0.245 e. The van der Waals surface area contributed by atoms with Gasteiger partial charge in [0, 0.05) is 37.0 Å². The van der Waals surface area contributed by atoms with Gasteiger partial charge in [-0.2, -0.15) is 15.5 Å². The summed E-state index contributed by atoms with van der Waals surface area (Å²) in [4.78, 5) is 42.7. The second-order valence-electron chi connectivity index (χ2n) is 12.8. The van der Waals surface area contributed by atoms with Crippen molar-refractivity contribution in [1.29, 1.82) is 5.26 Å². The maximum absolute atomic E-state index is 14.1. The van der Waals surface area contributed by atoms with Crippen LogP contribution in [0.4, 0.5) is 0 Å². The highest BCUT2D eigenvalue weighted by molar-refractivity contribution is 5.94. The molecule has 0 bridgehead atoms. The van der Waals surface area contributed by atoms with Gasteiger partial charge in [-0.3, -0.25) is 14.4 Å². The molecule has 2 aliphatic carbocycles. The lowest BCUT2D eigenvalue weighted by molar-refractivity contribution is -0.143. The standard InChI is InChI=1S/C31H38N6O4/c1-31(2)22-17-37(30(40)23(13-18-7-8-18)34-25(38)14-19-9-11-41-12-10-19)28(26(22)31)29(39)35-24(15-32)27-21-6-4-3-5-20(21)16-33-36-27/h3-6,16,18-19,22-24,26,28H,7-14,17H2,1-2H3,(H,34,38)(H,35,39)/t22-,23-,24?,26-,28-/m0/s1. The zero-order chi connectivity index (χ0) is 28.7. The van der Waals surface area contributed by atoms with Gasteiger partial charge >= 0.3 is 0 Å². The number of likely N-dealkylation sites (tertiary alicyclic amines) is 1. The summed E-state index contributed by atoms with van der Waals surface area (Å²) in [6, 6.07) is 7.27. The molecule has 10 heteroatoms. The van der Waals surface area contributed by atoms with E-state index in [9.17, 15) is 19.6 Å². The average Bonchev–Trinajstić information content (AvgIpc) is 3.83. The fourth-order valence-electron chi connectivity index (χ4n) is 7.04. The van der Waals surface area contributed by atoms with E-state index in [1.807, 2.05) is 24.3 Å². The molecule has 6 rings (SSSR count). The van der Waals surface area contributed by atoms with E-state index in [2.05, 4.69) is 40.7 Å². The predicted molar refractivity (Wildman–Crippen MR) is 150 cm³/mol. The Morgan fingerprint density at radius 2 is 1.88 bits per heavy atom. The second kappa shape index (κ2) is 11.0. The number of rotatable bonds is 9. The minimum atomic E-state index is -1.01. The van der Waals surface area contributed by atoms with Gasteiger partial charge < -0.3 is 20.3 Å². The van der Waals surface area contributed by atoms with E-state index < -0.39 is 18.1 Å². The van der Waals surface area contributed by atoms with Crippen molar-refractivity contribution in [3.63, 3.8) is 0 Å². The Kier molecular flexibility index (Phi) is 7.41. The third-order valence-electron chi connectivity index (χ3n) is 9.76. The topological polar surface area (TPSA) is 137 Å². The van der Waals surface area contributed by atoms with Crippen molar-refractivity contribution in [3.8, 4) is 6.07 Å². The van der Waals surface area contributed by atoms with Crippen molar-refractivity contribution in [1.82, 2.24) is 25.7 Å². The summed E-state index contributed by atoms with van der Waals surface area (Å²) < 4.78 is 5.42. The van der Waals surface area contributed by atoms with Gasteiger partial charge in [0.25, 0.3) is 0 Å². The summed E-state index contributed by atoms with van der Waals surface area (Å²) in [5.41, 5.74) is 0.298. The van der Waals surface area contributed by atoms with Crippen molar-refractivity contribution in [2.75, 3.05) is 19.8 Å². The molecular weight excluding hydrogens is 520 g/mol. The highest BCUT2D eigenvalue weighted by atomic mass is 16.5. The second-order valence-corrected chi connectivity index (χ2v) is 12.8. The minimum absolute atomic E-state index is 0.0103. The molecule has 1 unspecified atom stereocenters. The molecule has 3 heterocycles. The van der Waals surface area contributed by atoms with Crippen LogP contribution in [-0.2, 0) is 19.1 Å². The predicted octanol–water partition coefficient (Wildman–Crippen LogP) is 2.90. The van der Waals surface area contributed by atoms with Crippen LogP contribution in [0.1, 0.15) is 64.1 Å². The van der Waals surface area contributed by atoms with Gasteiger partial charge in [-0.1, -0.05) is 51.0 Å². The molecular formula is C31H38N6O4. The van der Waals surface area contributed by atoms with Crippen molar-refractivity contribution in [2.24, 2.45) is 29.1 Å². The number of nitrogens with one attached hydrogen (secondary N) is 2. The van der Waals surface area contributed by atoms with Crippen LogP contribution in [0.15, 0.2) is 30.5 Å². The Labute approximate surface area is 240 Å². The molecule has 3 amide bonds. The highest BCUT2D eigenvalue weighted by Crippen LogP contribution is 2.65. The SMILES string of the molecule is CC1(C)[C@@H]2[C@@H](C(=O)NC(C#N)c3nncc4ccccc34)N(C(=O)[C@H](CC3CC3)NC(=O)CC3CCOCC3)C[C@@H]21. The maximum Gasteiger partial charge on any atom is 0.245 e. The third-order valence-corrected chi connectivity index (χ3v) is 9.76. The molecule has 2 saturated carbocycles. The van der Waals surface area contributed by atoms with E-state index in [1.54, 1.807) is 11.1 Å². The minimum Gasteiger partial charge on any atom is -0.381 e. The van der Waals surface area contributed by atoms with Crippen LogP contribution in [0.2, 0.25) is 0 Å². The fourth-order valence-corrected chi connectivity index (χ4v) is 7.04. The van der Waals surface area contributed by atoms with Gasteiger partial charge in [0.15, 0.2) is 6.04 Å². The zero-order valence-electron chi connectivity index (χ0n) is 23.7. The Hall–Kier alpha value is -3.58. The van der Waals surface area contributed by atoms with Crippen LogP contribution in [0, 0.1) is 40.4 Å². The quantitative estimate of drug-likeness (QED) is 0.483. The number of piperidine rings is 1. The fraction of sp³-hybridized carbons (Fsp3) is 0.613. The first-order chi connectivity index (χ1) is 19.8. The van der Waals surface area contributed by atoms with E-state index >= 15 is 0 Å². The van der Waals surface area contributed by atoms with Crippen LogP contribution >= 0.6 is 0 Å². The molecule has 2 N–H and O–H groups in total. The molecule has 10 nitrogen and oxygen atoms in total. The number of hydrogen-bond donors (Lipinski definition) is 2. The first-order valence-electron chi connectivity index (χ1n) is 14.9. The summed E-state index contributed by atoms with van der Waals surface area (Å²) in [7, 11) is 0. The lowest BCUT2D eigenvalue weighted by Crippen LogP contribution is -2.56. The number of fused-ring (bicyclic) bond motifs is 2. The average molecular weight is 559 g/mol. The lowest BCUT2D eigenvalue weighted by Gasteiger charge is -2.33. The Balaban J connectivity index is 1.20. The first kappa shape index (κ1) is 27.6. The van der Waals surface area contributed by atoms with E-state index in [-0.39, 0.29) is 40.9 Å². The molecule has 41 heavy (non-hydrogen) atoms. The number of carbonyl (C=O) groups is 3. The van der Waals surface area contributed by atoms with Crippen molar-refractivity contribution in [3.05, 3.63) is 36.2 Å². The molecule has 4 aliphatic rings. The van der Waals surface area contributed by atoms with Gasteiger partial charge in [-0.15, -0.1) is 0 Å². The van der Waals surface area contributed by atoms with Gasteiger partial charge in [0.1, 0.15) is 17.8 Å². The van der Waals surface area contributed by atoms with Crippen molar-refractivity contribution < 1.29 is 19.1 Å².